The van der Waals surface area contributed by atoms with Gasteiger partial charge in [0.25, 0.3) is 0 Å². The maximum atomic E-state index is 12.1. The van der Waals surface area contributed by atoms with Crippen molar-refractivity contribution in [1.29, 1.82) is 0 Å². The lowest BCUT2D eigenvalue weighted by Crippen LogP contribution is -2.48. The Morgan fingerprint density at radius 3 is 2.87 bits per heavy atom. The summed E-state index contributed by atoms with van der Waals surface area (Å²) in [6.07, 6.45) is 4.64. The van der Waals surface area contributed by atoms with Crippen molar-refractivity contribution in [2.24, 2.45) is 0 Å². The number of hydrogen-bond donors (Lipinski definition) is 1. The molecule has 2 fully saturated rings. The van der Waals surface area contributed by atoms with Crippen LogP contribution in [0.2, 0.25) is 0 Å². The van der Waals surface area contributed by atoms with Crippen molar-refractivity contribution >= 4 is 17.7 Å². The summed E-state index contributed by atoms with van der Waals surface area (Å²) in [5.41, 5.74) is 0. The van der Waals surface area contributed by atoms with Gasteiger partial charge in [-0.05, 0) is 38.0 Å². The van der Waals surface area contributed by atoms with Gasteiger partial charge in [-0.25, -0.2) is 0 Å². The van der Waals surface area contributed by atoms with E-state index < -0.39 is 0 Å². The molecule has 1 amide bonds. The molecule has 2 saturated heterocycles. The molecule has 4 heteroatoms. The Bertz CT molecular complexity index is 223. The highest BCUT2D eigenvalue weighted by molar-refractivity contribution is 8.00. The van der Waals surface area contributed by atoms with Gasteiger partial charge in [0.15, 0.2) is 0 Å². The van der Waals surface area contributed by atoms with Crippen LogP contribution in [0.15, 0.2) is 0 Å². The number of rotatable bonds is 2. The van der Waals surface area contributed by atoms with E-state index in [1.165, 1.54) is 12.8 Å². The normalized spacial score (nSPS) is 31.5. The third kappa shape index (κ3) is 2.67. The molecule has 0 saturated carbocycles. The van der Waals surface area contributed by atoms with Crippen molar-refractivity contribution in [2.75, 3.05) is 25.9 Å². The van der Waals surface area contributed by atoms with Crippen LogP contribution >= 0.6 is 11.8 Å². The first kappa shape index (κ1) is 11.3. The minimum Gasteiger partial charge on any atom is -0.341 e. The molecule has 2 atom stereocenters. The molecule has 0 radical (unpaired) electrons. The monoisotopic (exact) mass is 228 g/mol. The zero-order valence-corrected chi connectivity index (χ0v) is 10.2. The summed E-state index contributed by atoms with van der Waals surface area (Å²) in [6, 6.07) is 0.424. The van der Waals surface area contributed by atoms with Crippen molar-refractivity contribution in [2.45, 2.75) is 37.0 Å². The number of hydrogen-bond acceptors (Lipinski definition) is 3. The lowest BCUT2D eigenvalue weighted by Gasteiger charge is -2.33. The van der Waals surface area contributed by atoms with Gasteiger partial charge in [-0.1, -0.05) is 0 Å². The van der Waals surface area contributed by atoms with Crippen LogP contribution in [0.4, 0.5) is 0 Å². The van der Waals surface area contributed by atoms with E-state index in [-0.39, 0.29) is 5.25 Å². The average molecular weight is 228 g/mol. The van der Waals surface area contributed by atoms with Gasteiger partial charge < -0.3 is 10.2 Å². The van der Waals surface area contributed by atoms with Crippen LogP contribution in [0.25, 0.3) is 0 Å². The molecular weight excluding hydrogens is 208 g/mol. The molecule has 1 N–H and O–H groups in total. The Morgan fingerprint density at radius 1 is 1.40 bits per heavy atom. The Labute approximate surface area is 96.0 Å². The summed E-state index contributed by atoms with van der Waals surface area (Å²) in [7, 11) is 1.97. The summed E-state index contributed by atoms with van der Waals surface area (Å²) in [5.74, 6) is 1.51. The molecule has 2 rings (SSSR count). The summed E-state index contributed by atoms with van der Waals surface area (Å²) >= 11 is 1.83. The summed E-state index contributed by atoms with van der Waals surface area (Å²) in [4.78, 5) is 14.1. The highest BCUT2D eigenvalue weighted by Gasteiger charge is 2.30. The van der Waals surface area contributed by atoms with Gasteiger partial charge in [-0.2, -0.15) is 0 Å². The fraction of sp³-hybridized carbons (Fsp3) is 0.909. The minimum absolute atomic E-state index is 0.247. The molecule has 0 aromatic heterocycles. The van der Waals surface area contributed by atoms with E-state index in [0.717, 1.165) is 31.7 Å². The first-order valence-electron chi connectivity index (χ1n) is 5.88. The second-order valence-corrected chi connectivity index (χ2v) is 5.76. The topological polar surface area (TPSA) is 32.3 Å². The maximum Gasteiger partial charge on any atom is 0.235 e. The second kappa shape index (κ2) is 5.21. The molecular formula is C11H20N2OS. The number of piperidine rings is 1. The zero-order chi connectivity index (χ0) is 10.7. The Hall–Kier alpha value is -0.220. The van der Waals surface area contributed by atoms with Gasteiger partial charge in [-0.15, -0.1) is 11.8 Å². The molecule has 0 bridgehead atoms. The van der Waals surface area contributed by atoms with Crippen LogP contribution in [-0.4, -0.2) is 48.0 Å². The van der Waals surface area contributed by atoms with Crippen LogP contribution in [0.1, 0.15) is 25.7 Å². The van der Waals surface area contributed by atoms with Crippen molar-refractivity contribution in [3.63, 3.8) is 0 Å². The van der Waals surface area contributed by atoms with Crippen LogP contribution in [0.3, 0.4) is 0 Å². The number of thioether (sulfide) groups is 1. The number of carbonyl (C=O) groups is 1. The molecule has 15 heavy (non-hydrogen) atoms. The number of amides is 1. The van der Waals surface area contributed by atoms with Gasteiger partial charge >= 0.3 is 0 Å². The number of carbonyl (C=O) groups excluding carboxylic acids is 1. The van der Waals surface area contributed by atoms with Crippen LogP contribution in [0, 0.1) is 0 Å². The van der Waals surface area contributed by atoms with E-state index in [0.29, 0.717) is 11.9 Å². The quantitative estimate of drug-likeness (QED) is 0.768. The summed E-state index contributed by atoms with van der Waals surface area (Å²) in [6.45, 7) is 2.08. The number of nitrogens with zero attached hydrogens (tertiary/aromatic N) is 1. The lowest BCUT2D eigenvalue weighted by atomic mass is 10.1. The van der Waals surface area contributed by atoms with Crippen LogP contribution in [0.5, 0.6) is 0 Å². The maximum absolute atomic E-state index is 12.1. The average Bonchev–Trinajstić information content (AvgIpc) is 2.82. The van der Waals surface area contributed by atoms with Crippen molar-refractivity contribution in [3.8, 4) is 0 Å². The van der Waals surface area contributed by atoms with Gasteiger partial charge in [0.1, 0.15) is 0 Å². The predicted octanol–water partition coefficient (Wildman–Crippen LogP) is 1.09. The van der Waals surface area contributed by atoms with E-state index in [1.54, 1.807) is 0 Å². The van der Waals surface area contributed by atoms with Gasteiger partial charge in [0.05, 0.1) is 5.25 Å². The molecule has 2 aliphatic heterocycles. The van der Waals surface area contributed by atoms with E-state index in [4.69, 9.17) is 0 Å². The van der Waals surface area contributed by atoms with Crippen molar-refractivity contribution < 1.29 is 4.79 Å². The second-order valence-electron chi connectivity index (χ2n) is 4.45. The van der Waals surface area contributed by atoms with E-state index in [1.807, 2.05) is 23.7 Å². The van der Waals surface area contributed by atoms with Gasteiger partial charge in [-0.3, -0.25) is 4.79 Å². The highest BCUT2D eigenvalue weighted by atomic mass is 32.2. The highest BCUT2D eigenvalue weighted by Crippen LogP contribution is 2.28. The van der Waals surface area contributed by atoms with E-state index >= 15 is 0 Å². The Balaban J connectivity index is 1.87. The largest absolute Gasteiger partial charge is 0.341 e. The van der Waals surface area contributed by atoms with Crippen LogP contribution < -0.4 is 5.32 Å². The molecule has 2 aliphatic rings. The fourth-order valence-corrected chi connectivity index (χ4v) is 3.60. The SMILES string of the molecule is CN(C(=O)C1CCCS1)C1CCCNC1. The van der Waals surface area contributed by atoms with Gasteiger partial charge in [0.2, 0.25) is 5.91 Å². The van der Waals surface area contributed by atoms with E-state index in [9.17, 15) is 4.79 Å². The number of nitrogens with one attached hydrogen (secondary N) is 1. The fourth-order valence-electron chi connectivity index (χ4n) is 2.34. The first-order valence-corrected chi connectivity index (χ1v) is 6.93. The molecule has 86 valence electrons. The summed E-state index contributed by atoms with van der Waals surface area (Å²) in [5, 5.41) is 3.61. The van der Waals surface area contributed by atoms with E-state index in [2.05, 4.69) is 5.32 Å². The molecule has 2 unspecified atom stereocenters. The zero-order valence-electron chi connectivity index (χ0n) is 9.37. The molecule has 2 heterocycles. The molecule has 0 aromatic carbocycles. The Morgan fingerprint density at radius 2 is 2.27 bits per heavy atom. The molecule has 0 aliphatic carbocycles. The molecule has 0 aromatic rings. The lowest BCUT2D eigenvalue weighted by molar-refractivity contribution is -0.131. The van der Waals surface area contributed by atoms with Gasteiger partial charge in [0, 0.05) is 19.6 Å². The van der Waals surface area contributed by atoms with Crippen molar-refractivity contribution in [3.05, 3.63) is 0 Å². The molecule has 0 spiro atoms. The standard InChI is InChI=1S/C11H20N2OS/c1-13(9-4-2-6-12-8-9)11(14)10-5-3-7-15-10/h9-10,12H,2-8H2,1H3. The van der Waals surface area contributed by atoms with Crippen molar-refractivity contribution in [1.82, 2.24) is 10.2 Å². The minimum atomic E-state index is 0.247. The third-order valence-electron chi connectivity index (χ3n) is 3.37. The molecule has 3 nitrogen and oxygen atoms in total. The predicted molar refractivity (Wildman–Crippen MR) is 64.1 cm³/mol. The van der Waals surface area contributed by atoms with Crippen LogP contribution in [-0.2, 0) is 4.79 Å². The first-order chi connectivity index (χ1) is 7.29. The number of likely N-dealkylation sites (N-methyl/N-ethyl adjacent to an activating group) is 1. The smallest absolute Gasteiger partial charge is 0.235 e. The summed E-state index contributed by atoms with van der Waals surface area (Å²) < 4.78 is 0. The third-order valence-corrected chi connectivity index (χ3v) is 4.74. The Kier molecular flexibility index (Phi) is 3.92.